The van der Waals surface area contributed by atoms with E-state index >= 15 is 0 Å². The van der Waals surface area contributed by atoms with E-state index in [-0.39, 0.29) is 17.5 Å². The van der Waals surface area contributed by atoms with Gasteiger partial charge in [-0.2, -0.15) is 5.10 Å². The monoisotopic (exact) mass is 336 g/mol. The first-order valence-corrected chi connectivity index (χ1v) is 7.95. The van der Waals surface area contributed by atoms with Crippen LogP contribution in [0.2, 0.25) is 0 Å². The standard InChI is InChI=1S/C15H20N4O5/c1-3-19-6-7(12(18-19)14(21)16-2)17-13(20)10-8-4-5-9(24-8)11(10)15(22)23/h6,8-11H,3-5H2,1-2H3,(H,16,21)(H,17,20)(H,22,23)/t8-,9-,10+,11-/m1/s1. The number of amides is 2. The molecule has 0 saturated carbocycles. The van der Waals surface area contributed by atoms with Crippen LogP contribution in [0.15, 0.2) is 6.20 Å². The van der Waals surface area contributed by atoms with Crippen molar-refractivity contribution in [2.45, 2.75) is 38.5 Å². The van der Waals surface area contributed by atoms with Gasteiger partial charge >= 0.3 is 5.97 Å². The van der Waals surface area contributed by atoms with Crippen LogP contribution in [-0.4, -0.2) is 51.9 Å². The highest BCUT2D eigenvalue weighted by Gasteiger charge is 2.55. The Labute approximate surface area is 138 Å². The van der Waals surface area contributed by atoms with Crippen molar-refractivity contribution in [1.82, 2.24) is 15.1 Å². The summed E-state index contributed by atoms with van der Waals surface area (Å²) in [6, 6.07) is 0. The third kappa shape index (κ3) is 2.64. The summed E-state index contributed by atoms with van der Waals surface area (Å²) in [4.78, 5) is 36.1. The van der Waals surface area contributed by atoms with E-state index in [0.717, 1.165) is 0 Å². The van der Waals surface area contributed by atoms with Gasteiger partial charge in [-0.25, -0.2) is 0 Å². The number of aliphatic carboxylic acids is 1. The van der Waals surface area contributed by atoms with Crippen LogP contribution in [0.3, 0.4) is 0 Å². The first-order chi connectivity index (χ1) is 11.5. The minimum Gasteiger partial charge on any atom is -0.481 e. The number of carbonyl (C=O) groups is 3. The normalized spacial score (nSPS) is 27.9. The number of hydrogen-bond donors (Lipinski definition) is 3. The number of aryl methyl sites for hydroxylation is 1. The predicted molar refractivity (Wildman–Crippen MR) is 82.4 cm³/mol. The highest BCUT2D eigenvalue weighted by atomic mass is 16.5. The molecule has 2 saturated heterocycles. The van der Waals surface area contributed by atoms with Crippen molar-refractivity contribution in [2.24, 2.45) is 11.8 Å². The Bertz CT molecular complexity index is 685. The molecule has 0 radical (unpaired) electrons. The zero-order chi connectivity index (χ0) is 17.4. The number of carbonyl (C=O) groups excluding carboxylic acids is 2. The van der Waals surface area contributed by atoms with Crippen LogP contribution in [0.25, 0.3) is 0 Å². The van der Waals surface area contributed by atoms with Gasteiger partial charge in [0.25, 0.3) is 5.91 Å². The van der Waals surface area contributed by atoms with E-state index in [4.69, 9.17) is 4.74 Å². The molecule has 3 rings (SSSR count). The summed E-state index contributed by atoms with van der Waals surface area (Å²) in [6.45, 7) is 2.39. The minimum absolute atomic E-state index is 0.101. The summed E-state index contributed by atoms with van der Waals surface area (Å²) in [7, 11) is 1.48. The lowest BCUT2D eigenvalue weighted by atomic mass is 9.78. The number of nitrogens with zero attached hydrogens (tertiary/aromatic N) is 2. The molecule has 0 unspecified atom stereocenters. The number of carboxylic acids is 1. The van der Waals surface area contributed by atoms with Crippen molar-refractivity contribution >= 4 is 23.5 Å². The molecule has 0 aliphatic carbocycles. The fraction of sp³-hybridized carbons (Fsp3) is 0.600. The fourth-order valence-electron chi connectivity index (χ4n) is 3.50. The van der Waals surface area contributed by atoms with Crippen LogP contribution in [-0.2, 0) is 20.9 Å². The van der Waals surface area contributed by atoms with E-state index in [0.29, 0.717) is 19.4 Å². The van der Waals surface area contributed by atoms with Crippen molar-refractivity contribution in [2.75, 3.05) is 12.4 Å². The first-order valence-electron chi connectivity index (χ1n) is 7.95. The number of aromatic nitrogens is 2. The average molecular weight is 336 g/mol. The zero-order valence-corrected chi connectivity index (χ0v) is 13.5. The topological polar surface area (TPSA) is 123 Å². The minimum atomic E-state index is -1.03. The van der Waals surface area contributed by atoms with Gasteiger partial charge in [-0.15, -0.1) is 0 Å². The van der Waals surface area contributed by atoms with Crippen molar-refractivity contribution in [3.8, 4) is 0 Å². The van der Waals surface area contributed by atoms with Gasteiger partial charge in [0.05, 0.1) is 29.7 Å². The van der Waals surface area contributed by atoms with Crippen LogP contribution in [0, 0.1) is 11.8 Å². The first kappa shape index (κ1) is 16.4. The quantitative estimate of drug-likeness (QED) is 0.700. The SMILES string of the molecule is CCn1cc(NC(=O)[C@@H]2[C@H](C(=O)O)[C@H]3CC[C@H]2O3)c(C(=O)NC)n1. The van der Waals surface area contributed by atoms with Crippen LogP contribution in [0.4, 0.5) is 5.69 Å². The van der Waals surface area contributed by atoms with Gasteiger partial charge in [0, 0.05) is 19.8 Å². The maximum Gasteiger partial charge on any atom is 0.310 e. The second-order valence-corrected chi connectivity index (χ2v) is 6.00. The van der Waals surface area contributed by atoms with Crippen LogP contribution in [0.1, 0.15) is 30.3 Å². The van der Waals surface area contributed by atoms with Gasteiger partial charge in [-0.1, -0.05) is 0 Å². The van der Waals surface area contributed by atoms with Gasteiger partial charge in [-0.3, -0.25) is 19.1 Å². The summed E-state index contributed by atoms with van der Waals surface area (Å²) < 4.78 is 7.13. The van der Waals surface area contributed by atoms with Crippen LogP contribution in [0.5, 0.6) is 0 Å². The maximum atomic E-state index is 12.7. The summed E-state index contributed by atoms with van der Waals surface area (Å²) in [6.07, 6.45) is 2.08. The number of carboxylic acid groups (broad SMARTS) is 1. The maximum absolute atomic E-state index is 12.7. The van der Waals surface area contributed by atoms with Crippen LogP contribution >= 0.6 is 0 Å². The molecular formula is C15H20N4O5. The van der Waals surface area contributed by atoms with Gasteiger partial charge < -0.3 is 20.5 Å². The Morgan fingerprint density at radius 3 is 2.58 bits per heavy atom. The Morgan fingerprint density at radius 2 is 2.00 bits per heavy atom. The van der Waals surface area contributed by atoms with E-state index in [9.17, 15) is 19.5 Å². The smallest absolute Gasteiger partial charge is 0.310 e. The Balaban J connectivity index is 1.83. The summed E-state index contributed by atoms with van der Waals surface area (Å²) in [5, 5.41) is 18.7. The second-order valence-electron chi connectivity index (χ2n) is 6.00. The molecule has 2 fully saturated rings. The lowest BCUT2D eigenvalue weighted by molar-refractivity contribution is -0.147. The van der Waals surface area contributed by atoms with Crippen LogP contribution < -0.4 is 10.6 Å². The summed E-state index contributed by atoms with van der Waals surface area (Å²) >= 11 is 0. The molecule has 3 N–H and O–H groups in total. The summed E-state index contributed by atoms with van der Waals surface area (Å²) in [5.41, 5.74) is 0.372. The highest BCUT2D eigenvalue weighted by Crippen LogP contribution is 2.44. The molecule has 1 aromatic heterocycles. The predicted octanol–water partition coefficient (Wildman–Crippen LogP) is 0.0793. The molecule has 130 valence electrons. The van der Waals surface area contributed by atoms with Crippen molar-refractivity contribution < 1.29 is 24.2 Å². The highest BCUT2D eigenvalue weighted by molar-refractivity contribution is 6.03. The largest absolute Gasteiger partial charge is 0.481 e. The molecule has 3 heterocycles. The molecule has 24 heavy (non-hydrogen) atoms. The number of nitrogens with one attached hydrogen (secondary N) is 2. The molecule has 2 amide bonds. The van der Waals surface area contributed by atoms with Gasteiger partial charge in [0.1, 0.15) is 0 Å². The van der Waals surface area contributed by atoms with E-state index in [1.54, 1.807) is 6.20 Å². The number of anilines is 1. The molecule has 9 nitrogen and oxygen atoms in total. The molecule has 2 bridgehead atoms. The molecule has 9 heteroatoms. The Morgan fingerprint density at radius 1 is 1.33 bits per heavy atom. The van der Waals surface area contributed by atoms with E-state index < -0.39 is 35.7 Å². The molecule has 2 aliphatic rings. The van der Waals surface area contributed by atoms with Gasteiger partial charge in [0.15, 0.2) is 5.69 Å². The van der Waals surface area contributed by atoms with E-state index in [1.165, 1.54) is 11.7 Å². The Kier molecular flexibility index (Phi) is 4.27. The lowest BCUT2D eigenvalue weighted by Gasteiger charge is -2.23. The summed E-state index contributed by atoms with van der Waals surface area (Å²) in [5.74, 6) is -3.51. The number of rotatable bonds is 5. The van der Waals surface area contributed by atoms with Crippen molar-refractivity contribution in [3.63, 3.8) is 0 Å². The Hall–Kier alpha value is -2.42. The molecule has 2 aliphatic heterocycles. The van der Waals surface area contributed by atoms with E-state index in [2.05, 4.69) is 15.7 Å². The number of fused-ring (bicyclic) bond motifs is 2. The number of ether oxygens (including phenoxy) is 1. The average Bonchev–Trinajstić information content (AvgIpc) is 3.27. The lowest BCUT2D eigenvalue weighted by Crippen LogP contribution is -2.41. The molecule has 1 aromatic rings. The molecular weight excluding hydrogens is 316 g/mol. The van der Waals surface area contributed by atoms with Crippen molar-refractivity contribution in [1.29, 1.82) is 0 Å². The zero-order valence-electron chi connectivity index (χ0n) is 13.5. The van der Waals surface area contributed by atoms with Crippen molar-refractivity contribution in [3.05, 3.63) is 11.9 Å². The molecule has 0 spiro atoms. The van der Waals surface area contributed by atoms with Gasteiger partial charge in [-0.05, 0) is 19.8 Å². The second kappa shape index (κ2) is 6.23. The third-order valence-electron chi connectivity index (χ3n) is 4.65. The molecule has 4 atom stereocenters. The van der Waals surface area contributed by atoms with Gasteiger partial charge in [0.2, 0.25) is 5.91 Å². The molecule has 0 aromatic carbocycles. The number of hydrogen-bond acceptors (Lipinski definition) is 5. The van der Waals surface area contributed by atoms with E-state index in [1.807, 2.05) is 6.92 Å². The third-order valence-corrected chi connectivity index (χ3v) is 4.65. The fourth-order valence-corrected chi connectivity index (χ4v) is 3.50.